The fourth-order valence-corrected chi connectivity index (χ4v) is 2.30. The molecule has 3 heteroatoms. The van der Waals surface area contributed by atoms with Gasteiger partial charge in [-0.1, -0.05) is 53.9 Å². The molecule has 0 aliphatic carbocycles. The quantitative estimate of drug-likeness (QED) is 0.664. The van der Waals surface area contributed by atoms with Gasteiger partial charge in [0.05, 0.1) is 0 Å². The molecule has 0 radical (unpaired) electrons. The van der Waals surface area contributed by atoms with Crippen molar-refractivity contribution in [2.45, 2.75) is 59.2 Å². The summed E-state index contributed by atoms with van der Waals surface area (Å²) >= 11 is 0. The van der Waals surface area contributed by atoms with Crippen molar-refractivity contribution in [2.75, 3.05) is 13.2 Å². The summed E-state index contributed by atoms with van der Waals surface area (Å²) in [6, 6.07) is 0. The molecule has 1 rings (SSSR count). The standard InChI is InChI=1S/C12H25BO2/c1-6-12(7-2,8-3)13-14-9-11(4,5)10-15-13/h6-10H2,1-5H3. The van der Waals surface area contributed by atoms with Crippen LogP contribution in [-0.4, -0.2) is 20.3 Å². The SMILES string of the molecule is CCC(CC)(CC)B1OCC(C)(C)CO1. The van der Waals surface area contributed by atoms with E-state index in [9.17, 15) is 0 Å². The third kappa shape index (κ3) is 2.76. The normalized spacial score (nSPS) is 21.8. The number of hydrogen-bond acceptors (Lipinski definition) is 2. The molecule has 0 amide bonds. The first-order valence-electron chi connectivity index (χ1n) is 6.23. The van der Waals surface area contributed by atoms with Crippen molar-refractivity contribution in [3.8, 4) is 0 Å². The minimum atomic E-state index is 0.00512. The minimum absolute atomic E-state index is 0.00512. The van der Waals surface area contributed by atoms with Crippen molar-refractivity contribution >= 4 is 7.12 Å². The Kier molecular flexibility index (Phi) is 4.24. The molecule has 0 spiro atoms. The molecule has 2 nitrogen and oxygen atoms in total. The molecule has 1 aliphatic rings. The van der Waals surface area contributed by atoms with Crippen LogP contribution in [-0.2, 0) is 9.31 Å². The zero-order valence-corrected chi connectivity index (χ0v) is 10.9. The summed E-state index contributed by atoms with van der Waals surface area (Å²) in [5, 5.41) is 0.219. The lowest BCUT2D eigenvalue weighted by atomic mass is 9.52. The number of hydrogen-bond donors (Lipinski definition) is 0. The van der Waals surface area contributed by atoms with Crippen LogP contribution in [0.2, 0.25) is 5.31 Å². The summed E-state index contributed by atoms with van der Waals surface area (Å²) in [5.41, 5.74) is 0.178. The van der Waals surface area contributed by atoms with E-state index < -0.39 is 0 Å². The highest BCUT2D eigenvalue weighted by Gasteiger charge is 2.45. The van der Waals surface area contributed by atoms with Crippen LogP contribution in [0.25, 0.3) is 0 Å². The van der Waals surface area contributed by atoms with Gasteiger partial charge in [0.2, 0.25) is 0 Å². The van der Waals surface area contributed by atoms with Crippen LogP contribution in [0.5, 0.6) is 0 Å². The molecule has 88 valence electrons. The second-order valence-electron chi connectivity index (χ2n) is 5.54. The molecular formula is C12H25BO2. The van der Waals surface area contributed by atoms with E-state index in [1.807, 2.05) is 0 Å². The predicted octanol–water partition coefficient (Wildman–Crippen LogP) is 3.52. The maximum atomic E-state index is 5.91. The average Bonchev–Trinajstić information content (AvgIpc) is 2.23. The summed E-state index contributed by atoms with van der Waals surface area (Å²) < 4.78 is 11.8. The van der Waals surface area contributed by atoms with E-state index in [1.165, 1.54) is 0 Å². The van der Waals surface area contributed by atoms with Crippen LogP contribution in [0, 0.1) is 5.41 Å². The van der Waals surface area contributed by atoms with Crippen molar-refractivity contribution in [3.05, 3.63) is 0 Å². The monoisotopic (exact) mass is 212 g/mol. The molecule has 1 fully saturated rings. The van der Waals surface area contributed by atoms with Gasteiger partial charge in [-0.15, -0.1) is 0 Å². The van der Waals surface area contributed by atoms with E-state index >= 15 is 0 Å². The van der Waals surface area contributed by atoms with Gasteiger partial charge in [0.25, 0.3) is 0 Å². The van der Waals surface area contributed by atoms with Gasteiger partial charge in [-0.05, 0) is 0 Å². The number of rotatable bonds is 4. The van der Waals surface area contributed by atoms with Crippen molar-refractivity contribution < 1.29 is 9.31 Å². The van der Waals surface area contributed by atoms with Crippen molar-refractivity contribution in [1.29, 1.82) is 0 Å². The molecule has 1 aliphatic heterocycles. The lowest BCUT2D eigenvalue weighted by Crippen LogP contribution is -2.47. The lowest BCUT2D eigenvalue weighted by molar-refractivity contribution is 0.0148. The highest BCUT2D eigenvalue weighted by atomic mass is 16.6. The molecule has 1 saturated heterocycles. The molecule has 0 N–H and O–H groups in total. The van der Waals surface area contributed by atoms with Gasteiger partial charge in [-0.25, -0.2) is 0 Å². The summed E-state index contributed by atoms with van der Waals surface area (Å²) in [7, 11) is 0.00512. The molecule has 0 aromatic rings. The Morgan fingerprint density at radius 2 is 1.40 bits per heavy atom. The summed E-state index contributed by atoms with van der Waals surface area (Å²) in [5.74, 6) is 0. The first kappa shape index (κ1) is 13.1. The summed E-state index contributed by atoms with van der Waals surface area (Å²) in [4.78, 5) is 0. The Bertz CT molecular complexity index is 182. The zero-order valence-electron chi connectivity index (χ0n) is 10.9. The third-order valence-corrected chi connectivity index (χ3v) is 3.86. The predicted molar refractivity (Wildman–Crippen MR) is 65.0 cm³/mol. The zero-order chi connectivity index (χ0) is 11.5. The van der Waals surface area contributed by atoms with Gasteiger partial charge in [0.15, 0.2) is 0 Å². The summed E-state index contributed by atoms with van der Waals surface area (Å²) in [6.07, 6.45) is 3.39. The van der Waals surface area contributed by atoms with Crippen LogP contribution in [0.15, 0.2) is 0 Å². The first-order chi connectivity index (χ1) is 6.99. The van der Waals surface area contributed by atoms with Crippen molar-refractivity contribution in [1.82, 2.24) is 0 Å². The second kappa shape index (κ2) is 4.88. The fourth-order valence-electron chi connectivity index (χ4n) is 2.30. The minimum Gasteiger partial charge on any atom is -0.410 e. The molecule has 0 aromatic heterocycles. The lowest BCUT2D eigenvalue weighted by Gasteiger charge is -2.41. The second-order valence-corrected chi connectivity index (χ2v) is 5.54. The average molecular weight is 212 g/mol. The van der Waals surface area contributed by atoms with Crippen LogP contribution in [0.4, 0.5) is 0 Å². The van der Waals surface area contributed by atoms with E-state index in [0.29, 0.717) is 0 Å². The van der Waals surface area contributed by atoms with Gasteiger partial charge in [0.1, 0.15) is 0 Å². The Hall–Kier alpha value is -0.0151. The highest BCUT2D eigenvalue weighted by Crippen LogP contribution is 2.44. The van der Waals surface area contributed by atoms with Crippen molar-refractivity contribution in [2.24, 2.45) is 5.41 Å². The molecule has 0 bridgehead atoms. The molecule has 0 aromatic carbocycles. The Morgan fingerprint density at radius 1 is 1.00 bits per heavy atom. The molecule has 0 saturated carbocycles. The molecular weight excluding hydrogens is 187 g/mol. The van der Waals surface area contributed by atoms with Crippen molar-refractivity contribution in [3.63, 3.8) is 0 Å². The van der Waals surface area contributed by atoms with E-state index in [-0.39, 0.29) is 17.8 Å². The van der Waals surface area contributed by atoms with Gasteiger partial charge < -0.3 is 9.31 Å². The topological polar surface area (TPSA) is 18.5 Å². The Morgan fingerprint density at radius 3 is 1.73 bits per heavy atom. The van der Waals surface area contributed by atoms with E-state index in [0.717, 1.165) is 32.5 Å². The molecule has 15 heavy (non-hydrogen) atoms. The van der Waals surface area contributed by atoms with E-state index in [2.05, 4.69) is 34.6 Å². The van der Waals surface area contributed by atoms with E-state index in [1.54, 1.807) is 0 Å². The van der Waals surface area contributed by atoms with Crippen LogP contribution < -0.4 is 0 Å². The van der Waals surface area contributed by atoms with Gasteiger partial charge in [0, 0.05) is 23.9 Å². The molecule has 0 atom stereocenters. The fraction of sp³-hybridized carbons (Fsp3) is 1.00. The Balaban J connectivity index is 2.64. The van der Waals surface area contributed by atoms with Crippen LogP contribution in [0.3, 0.4) is 0 Å². The molecule has 1 heterocycles. The van der Waals surface area contributed by atoms with Crippen LogP contribution >= 0.6 is 0 Å². The largest absolute Gasteiger partial charge is 0.463 e. The van der Waals surface area contributed by atoms with Crippen LogP contribution in [0.1, 0.15) is 53.9 Å². The summed E-state index contributed by atoms with van der Waals surface area (Å²) in [6.45, 7) is 12.7. The van der Waals surface area contributed by atoms with Gasteiger partial charge in [-0.3, -0.25) is 0 Å². The first-order valence-corrected chi connectivity index (χ1v) is 6.23. The maximum Gasteiger partial charge on any atom is 0.463 e. The Labute approximate surface area is 94.9 Å². The maximum absolute atomic E-state index is 5.91. The van der Waals surface area contributed by atoms with E-state index in [4.69, 9.17) is 9.31 Å². The highest BCUT2D eigenvalue weighted by molar-refractivity contribution is 6.48. The van der Waals surface area contributed by atoms with Gasteiger partial charge >= 0.3 is 7.12 Å². The molecule has 0 unspecified atom stereocenters. The van der Waals surface area contributed by atoms with Gasteiger partial charge in [-0.2, -0.15) is 0 Å². The smallest absolute Gasteiger partial charge is 0.410 e. The third-order valence-electron chi connectivity index (χ3n) is 3.86.